The molecule has 0 radical (unpaired) electrons. The molecule has 1 aromatic rings. The van der Waals surface area contributed by atoms with E-state index in [-0.39, 0.29) is 11.2 Å². The van der Waals surface area contributed by atoms with Crippen LogP contribution in [-0.2, 0) is 6.18 Å². The average molecular weight is 358 g/mol. The minimum absolute atomic E-state index is 0.214. The van der Waals surface area contributed by atoms with Gasteiger partial charge in [-0.3, -0.25) is 9.79 Å². The van der Waals surface area contributed by atoms with Gasteiger partial charge in [-0.15, -0.1) is 0 Å². The molecule has 0 aromatic heterocycles. The van der Waals surface area contributed by atoms with Crippen molar-refractivity contribution in [2.45, 2.75) is 26.4 Å². The second-order valence-corrected chi connectivity index (χ2v) is 5.98. The Morgan fingerprint density at radius 1 is 1.12 bits per heavy atom. The zero-order valence-corrected chi connectivity index (χ0v) is 14.3. The van der Waals surface area contributed by atoms with Gasteiger partial charge in [0.25, 0.3) is 5.56 Å². The maximum atomic E-state index is 13.0. The summed E-state index contributed by atoms with van der Waals surface area (Å²) in [6, 6.07) is 12.5. The van der Waals surface area contributed by atoms with E-state index in [2.05, 4.69) is 9.98 Å². The lowest BCUT2D eigenvalue weighted by Gasteiger charge is -2.10. The maximum absolute atomic E-state index is 13.0. The molecular formula is C20H17F3N2O. The Labute approximate surface area is 148 Å². The molecule has 3 rings (SSSR count). The number of alkyl halides is 3. The van der Waals surface area contributed by atoms with Crippen LogP contribution >= 0.6 is 0 Å². The number of nitrogens with one attached hydrogen (secondary N) is 1. The van der Waals surface area contributed by atoms with E-state index in [9.17, 15) is 18.0 Å². The molecule has 0 atom stereocenters. The van der Waals surface area contributed by atoms with Crippen molar-refractivity contribution >= 4 is 11.4 Å². The minimum Gasteiger partial charge on any atom is -0.321 e. The number of hydrogen-bond donors (Lipinski definition) is 1. The van der Waals surface area contributed by atoms with Gasteiger partial charge in [-0.25, -0.2) is 0 Å². The number of aryl methyl sites for hydroxylation is 1. The fourth-order valence-electron chi connectivity index (χ4n) is 2.83. The number of rotatable bonds is 3. The summed E-state index contributed by atoms with van der Waals surface area (Å²) in [6.45, 7) is 3.52. The topological polar surface area (TPSA) is 45.2 Å². The van der Waals surface area contributed by atoms with Gasteiger partial charge in [-0.1, -0.05) is 37.3 Å². The highest BCUT2D eigenvalue weighted by Gasteiger charge is 2.31. The molecule has 26 heavy (non-hydrogen) atoms. The van der Waals surface area contributed by atoms with E-state index < -0.39 is 11.7 Å². The summed E-state index contributed by atoms with van der Waals surface area (Å²) in [5.74, 6) is 0. The Balaban J connectivity index is 2.18. The van der Waals surface area contributed by atoms with Crippen LogP contribution in [0.5, 0.6) is 0 Å². The van der Waals surface area contributed by atoms with Crippen LogP contribution in [0, 0.1) is 6.92 Å². The van der Waals surface area contributed by atoms with E-state index in [0.29, 0.717) is 34.5 Å². The van der Waals surface area contributed by atoms with Gasteiger partial charge in [-0.2, -0.15) is 13.2 Å². The number of aliphatic imine (C=N–C) groups is 1. The van der Waals surface area contributed by atoms with Crippen LogP contribution in [0.4, 0.5) is 18.9 Å². The minimum atomic E-state index is -4.44. The maximum Gasteiger partial charge on any atom is 0.416 e. The number of hydrogen-bond acceptors (Lipinski definition) is 2. The molecule has 1 aliphatic carbocycles. The first-order valence-electron chi connectivity index (χ1n) is 8.18. The monoisotopic (exact) mass is 358 g/mol. The third-order valence-corrected chi connectivity index (χ3v) is 4.20. The van der Waals surface area contributed by atoms with Gasteiger partial charge in [0.05, 0.1) is 22.5 Å². The van der Waals surface area contributed by atoms with Crippen LogP contribution in [0.25, 0.3) is 11.3 Å². The van der Waals surface area contributed by atoms with Crippen molar-refractivity contribution in [3.63, 3.8) is 0 Å². The van der Waals surface area contributed by atoms with Gasteiger partial charge in [0.2, 0.25) is 0 Å². The number of benzene rings is 1. The Hall–Kier alpha value is -2.89. The van der Waals surface area contributed by atoms with Crippen molar-refractivity contribution in [3.8, 4) is 11.3 Å². The Morgan fingerprint density at radius 2 is 1.85 bits per heavy atom. The van der Waals surface area contributed by atoms with Gasteiger partial charge in [-0.05, 0) is 37.1 Å². The molecule has 1 N–H and O–H groups in total. The predicted octanol–water partition coefficient (Wildman–Crippen LogP) is 5.34. The second kappa shape index (κ2) is 6.78. The number of H-pyrrole nitrogens is 1. The number of halogens is 3. The van der Waals surface area contributed by atoms with Crippen molar-refractivity contribution in [2.24, 2.45) is 4.99 Å². The molecule has 2 aliphatic rings. The van der Waals surface area contributed by atoms with Crippen LogP contribution in [0.3, 0.4) is 0 Å². The molecule has 6 heteroatoms. The van der Waals surface area contributed by atoms with E-state index in [1.165, 1.54) is 6.07 Å². The number of aromatic amines is 1. The van der Waals surface area contributed by atoms with E-state index in [0.717, 1.165) is 12.1 Å². The van der Waals surface area contributed by atoms with Gasteiger partial charge < -0.3 is 4.98 Å². The SMILES string of the molecule is CCC(=Nc1cc(C(F)(F)F)ccc1C)c1c2cccccc-2[nH]c1=O. The fourth-order valence-corrected chi connectivity index (χ4v) is 2.83. The van der Waals surface area contributed by atoms with Gasteiger partial charge >= 0.3 is 6.18 Å². The largest absolute Gasteiger partial charge is 0.416 e. The molecule has 0 spiro atoms. The molecule has 0 unspecified atom stereocenters. The van der Waals surface area contributed by atoms with Crippen molar-refractivity contribution in [1.82, 2.24) is 4.98 Å². The standard InChI is InChI=1S/C20H17F3N2O/c1-3-15(18-14-7-5-4-6-8-16(14)25-19(18)26)24-17-11-13(20(21,22)23)10-9-12(17)2/h4-11H,3H2,1-2H3,(H,25,26). The first kappa shape index (κ1) is 17.9. The molecule has 3 nitrogen and oxygen atoms in total. The summed E-state index contributed by atoms with van der Waals surface area (Å²) in [6.07, 6.45) is -4.03. The Morgan fingerprint density at radius 3 is 2.54 bits per heavy atom. The molecule has 0 fully saturated rings. The zero-order chi connectivity index (χ0) is 18.9. The summed E-state index contributed by atoms with van der Waals surface area (Å²) < 4.78 is 39.0. The van der Waals surface area contributed by atoms with Crippen molar-refractivity contribution in [3.05, 3.63) is 75.6 Å². The summed E-state index contributed by atoms with van der Waals surface area (Å²) in [5, 5.41) is 0. The highest BCUT2D eigenvalue weighted by molar-refractivity contribution is 6.07. The average Bonchev–Trinajstić information content (AvgIpc) is 2.74. The van der Waals surface area contributed by atoms with Crippen LogP contribution in [0.1, 0.15) is 30.0 Å². The third-order valence-electron chi connectivity index (χ3n) is 4.20. The van der Waals surface area contributed by atoms with Gasteiger partial charge in [0.15, 0.2) is 0 Å². The molecule has 0 saturated carbocycles. The summed E-state index contributed by atoms with van der Waals surface area (Å²) in [5.41, 5.74) is 1.99. The lowest BCUT2D eigenvalue weighted by Crippen LogP contribution is -2.12. The van der Waals surface area contributed by atoms with Crippen LogP contribution < -0.4 is 5.56 Å². The molecule has 0 saturated heterocycles. The lowest BCUT2D eigenvalue weighted by molar-refractivity contribution is -0.137. The number of fused-ring (bicyclic) bond motifs is 1. The van der Waals surface area contributed by atoms with Gasteiger partial charge in [0, 0.05) is 11.3 Å². The molecular weight excluding hydrogens is 341 g/mol. The molecule has 134 valence electrons. The quantitative estimate of drug-likeness (QED) is 0.631. The van der Waals surface area contributed by atoms with E-state index in [1.807, 2.05) is 25.1 Å². The third kappa shape index (κ3) is 3.40. The molecule has 1 aromatic carbocycles. The highest BCUT2D eigenvalue weighted by atomic mass is 19.4. The molecule has 0 amide bonds. The Kier molecular flexibility index (Phi) is 4.68. The van der Waals surface area contributed by atoms with Gasteiger partial charge in [0.1, 0.15) is 0 Å². The summed E-state index contributed by atoms with van der Waals surface area (Å²) in [4.78, 5) is 19.6. The summed E-state index contributed by atoms with van der Waals surface area (Å²) in [7, 11) is 0. The zero-order valence-electron chi connectivity index (χ0n) is 14.3. The number of aromatic nitrogens is 1. The molecule has 1 aliphatic heterocycles. The van der Waals surface area contributed by atoms with Crippen molar-refractivity contribution in [1.29, 1.82) is 0 Å². The fraction of sp³-hybridized carbons (Fsp3) is 0.200. The summed E-state index contributed by atoms with van der Waals surface area (Å²) >= 11 is 0. The van der Waals surface area contributed by atoms with Crippen molar-refractivity contribution < 1.29 is 13.2 Å². The normalized spacial score (nSPS) is 12.6. The first-order chi connectivity index (χ1) is 12.3. The molecule has 0 bridgehead atoms. The van der Waals surface area contributed by atoms with E-state index in [1.54, 1.807) is 19.1 Å². The van der Waals surface area contributed by atoms with E-state index >= 15 is 0 Å². The van der Waals surface area contributed by atoms with Crippen LogP contribution in [-0.4, -0.2) is 10.7 Å². The first-order valence-corrected chi connectivity index (χ1v) is 8.18. The Bertz CT molecular complexity index is 1000. The second-order valence-electron chi connectivity index (χ2n) is 5.98. The lowest BCUT2D eigenvalue weighted by atomic mass is 10.0. The highest BCUT2D eigenvalue weighted by Crippen LogP contribution is 2.33. The van der Waals surface area contributed by atoms with Crippen LogP contribution in [0.15, 0.2) is 58.3 Å². The van der Waals surface area contributed by atoms with E-state index in [4.69, 9.17) is 0 Å². The smallest absolute Gasteiger partial charge is 0.321 e. The molecule has 1 heterocycles. The van der Waals surface area contributed by atoms with Crippen LogP contribution in [0.2, 0.25) is 0 Å². The number of nitrogens with zero attached hydrogens (tertiary/aromatic N) is 1. The van der Waals surface area contributed by atoms with Crippen molar-refractivity contribution in [2.75, 3.05) is 0 Å². The predicted molar refractivity (Wildman–Crippen MR) is 96.4 cm³/mol.